The molecule has 1 heterocycles. The topological polar surface area (TPSA) is 149 Å². The van der Waals surface area contributed by atoms with E-state index in [-0.39, 0.29) is 41.3 Å². The van der Waals surface area contributed by atoms with E-state index in [0.717, 1.165) is 5.56 Å². The Kier molecular flexibility index (Phi) is 11.1. The van der Waals surface area contributed by atoms with Crippen molar-refractivity contribution in [3.8, 4) is 5.75 Å². The molecule has 0 saturated carbocycles. The zero-order valence-corrected chi connectivity index (χ0v) is 27.7. The lowest BCUT2D eigenvalue weighted by molar-refractivity contribution is 0.0343. The first kappa shape index (κ1) is 34.9. The Labute approximate surface area is 284 Å². The first-order valence-corrected chi connectivity index (χ1v) is 16.0. The van der Waals surface area contributed by atoms with Crippen LogP contribution in [0.3, 0.4) is 0 Å². The summed E-state index contributed by atoms with van der Waals surface area (Å²) in [5, 5.41) is 18.3. The van der Waals surface area contributed by atoms with Crippen LogP contribution in [0.4, 0.5) is 31.9 Å². The Hall–Kier alpha value is -5.46. The predicted molar refractivity (Wildman–Crippen MR) is 188 cm³/mol. The predicted octanol–water partition coefficient (Wildman–Crippen LogP) is 5.66. The number of nitrogens with one attached hydrogen (secondary N) is 3. The maximum Gasteiger partial charge on any atom is 0.323 e. The number of hydrogen-bond acceptors (Lipinski definition) is 7. The highest BCUT2D eigenvalue weighted by Gasteiger charge is 2.34. The van der Waals surface area contributed by atoms with Crippen LogP contribution in [0.2, 0.25) is 0 Å². The van der Waals surface area contributed by atoms with E-state index in [1.54, 1.807) is 66.4 Å². The number of hydrogen-bond donors (Lipinski definition) is 5. The Morgan fingerprint density at radius 2 is 1.67 bits per heavy atom. The van der Waals surface area contributed by atoms with Crippen LogP contribution in [0, 0.1) is 11.7 Å². The van der Waals surface area contributed by atoms with Gasteiger partial charge in [-0.25, -0.2) is 9.18 Å². The Morgan fingerprint density at radius 1 is 0.980 bits per heavy atom. The number of carbonyl (C=O) groups is 3. The van der Waals surface area contributed by atoms with Crippen molar-refractivity contribution in [2.75, 3.05) is 48.4 Å². The second-order valence-electron chi connectivity index (χ2n) is 12.3. The Bertz CT molecular complexity index is 1790. The minimum atomic E-state index is -0.593. The zero-order valence-electron chi connectivity index (χ0n) is 27.7. The third-order valence-corrected chi connectivity index (χ3v) is 8.41. The van der Waals surface area contributed by atoms with E-state index in [1.807, 2.05) is 26.1 Å². The highest BCUT2D eigenvalue weighted by molar-refractivity contribution is 6.06. The van der Waals surface area contributed by atoms with Crippen LogP contribution in [0.1, 0.15) is 40.1 Å². The number of rotatable bonds is 10. The van der Waals surface area contributed by atoms with Gasteiger partial charge in [-0.05, 0) is 80.2 Å². The standard InChI is InChI=1S/C37H41FN6O5/c1-23-19-44(24(2)22-45)36(47)29-7-6-10-32(42-37(48)40-28-17-15-27(38)16-18-28)34(29)49-33(23)21-43(3)20-25-11-13-26(14-12-25)35(46)41-31-9-5-4-8-30(31)39/h4-18,23-24,33,45H,19-22,39H2,1-3H3,(H,41,46)(H2,40,42,48)/t23-,24-,33+/m0/s1. The second-order valence-corrected chi connectivity index (χ2v) is 12.3. The van der Waals surface area contributed by atoms with Crippen molar-refractivity contribution in [1.29, 1.82) is 0 Å². The molecule has 11 nitrogen and oxygen atoms in total. The summed E-state index contributed by atoms with van der Waals surface area (Å²) < 4.78 is 20.0. The van der Waals surface area contributed by atoms with Gasteiger partial charge in [0.1, 0.15) is 11.9 Å². The lowest BCUT2D eigenvalue weighted by Gasteiger charge is -2.38. The first-order valence-electron chi connectivity index (χ1n) is 16.0. The molecular formula is C37H41FN6O5. The van der Waals surface area contributed by atoms with Crippen molar-refractivity contribution in [3.05, 3.63) is 114 Å². The highest BCUT2D eigenvalue weighted by atomic mass is 19.1. The summed E-state index contributed by atoms with van der Waals surface area (Å²) in [6.45, 7) is 4.90. The van der Waals surface area contributed by atoms with Gasteiger partial charge in [0.2, 0.25) is 0 Å². The SMILES string of the molecule is C[C@H]1CN([C@@H](C)CO)C(=O)c2cccc(NC(=O)Nc3ccc(F)cc3)c2O[C@@H]1CN(C)Cc1ccc(C(=O)Nc2ccccc2N)cc1. The molecule has 0 unspecified atom stereocenters. The molecule has 49 heavy (non-hydrogen) atoms. The van der Waals surface area contributed by atoms with Gasteiger partial charge in [0, 0.05) is 36.8 Å². The van der Waals surface area contributed by atoms with E-state index in [0.29, 0.717) is 42.3 Å². The first-order chi connectivity index (χ1) is 23.5. The molecule has 1 aliphatic heterocycles. The maximum atomic E-state index is 13.8. The van der Waals surface area contributed by atoms with Crippen LogP contribution < -0.4 is 26.4 Å². The highest BCUT2D eigenvalue weighted by Crippen LogP contribution is 2.35. The van der Waals surface area contributed by atoms with Crippen molar-refractivity contribution in [2.24, 2.45) is 5.92 Å². The van der Waals surface area contributed by atoms with Crippen molar-refractivity contribution in [3.63, 3.8) is 0 Å². The summed E-state index contributed by atoms with van der Waals surface area (Å²) in [4.78, 5) is 43.3. The van der Waals surface area contributed by atoms with Gasteiger partial charge in [-0.2, -0.15) is 0 Å². The van der Waals surface area contributed by atoms with E-state index in [4.69, 9.17) is 10.5 Å². The Morgan fingerprint density at radius 3 is 2.37 bits per heavy atom. The monoisotopic (exact) mass is 668 g/mol. The quantitative estimate of drug-likeness (QED) is 0.137. The van der Waals surface area contributed by atoms with Gasteiger partial charge < -0.3 is 36.4 Å². The summed E-state index contributed by atoms with van der Waals surface area (Å²) in [5.74, 6) is -0.956. The molecule has 5 rings (SSSR count). The molecule has 4 aromatic carbocycles. The Balaban J connectivity index is 1.33. The van der Waals surface area contributed by atoms with Crippen LogP contribution in [-0.2, 0) is 6.54 Å². The van der Waals surface area contributed by atoms with E-state index in [1.165, 1.54) is 24.3 Å². The molecule has 1 aliphatic rings. The molecule has 6 N–H and O–H groups in total. The van der Waals surface area contributed by atoms with Gasteiger partial charge in [0.25, 0.3) is 11.8 Å². The molecule has 0 bridgehead atoms. The van der Waals surface area contributed by atoms with Gasteiger partial charge in [0.15, 0.2) is 5.75 Å². The molecule has 3 atom stereocenters. The van der Waals surface area contributed by atoms with E-state index < -0.39 is 24.0 Å². The summed E-state index contributed by atoms with van der Waals surface area (Å²) in [5.41, 5.74) is 9.39. The number of halogens is 1. The van der Waals surface area contributed by atoms with Gasteiger partial charge >= 0.3 is 6.03 Å². The number of nitrogen functional groups attached to an aromatic ring is 1. The lowest BCUT2D eigenvalue weighted by atomic mass is 9.98. The molecule has 4 aromatic rings. The fraction of sp³-hybridized carbons (Fsp3) is 0.270. The lowest BCUT2D eigenvalue weighted by Crippen LogP contribution is -2.49. The number of ether oxygens (including phenoxy) is 1. The maximum absolute atomic E-state index is 13.8. The summed E-state index contributed by atoms with van der Waals surface area (Å²) >= 11 is 0. The van der Waals surface area contributed by atoms with Crippen molar-refractivity contribution in [1.82, 2.24) is 9.80 Å². The minimum absolute atomic E-state index is 0.161. The average Bonchev–Trinajstić information content (AvgIpc) is 3.08. The summed E-state index contributed by atoms with van der Waals surface area (Å²) in [7, 11) is 1.95. The van der Waals surface area contributed by atoms with Crippen LogP contribution >= 0.6 is 0 Å². The number of likely N-dealkylation sites (N-methyl/N-ethyl adjacent to an activating group) is 1. The van der Waals surface area contributed by atoms with Crippen molar-refractivity contribution < 1.29 is 28.6 Å². The van der Waals surface area contributed by atoms with E-state index in [9.17, 15) is 23.9 Å². The van der Waals surface area contributed by atoms with E-state index in [2.05, 4.69) is 20.9 Å². The molecule has 256 valence electrons. The zero-order chi connectivity index (χ0) is 35.1. The molecule has 0 aromatic heterocycles. The number of aliphatic hydroxyl groups is 1. The molecule has 0 radical (unpaired) electrons. The number of nitrogens with two attached hydrogens (primary N) is 1. The largest absolute Gasteiger partial charge is 0.486 e. The molecule has 0 fully saturated rings. The normalized spacial score (nSPS) is 16.5. The molecular weight excluding hydrogens is 627 g/mol. The van der Waals surface area contributed by atoms with Gasteiger partial charge in [-0.3, -0.25) is 14.5 Å². The van der Waals surface area contributed by atoms with Crippen LogP contribution in [0.15, 0.2) is 91.0 Å². The number of urea groups is 1. The number of nitrogens with zero attached hydrogens (tertiary/aromatic N) is 2. The molecule has 0 spiro atoms. The number of fused-ring (bicyclic) bond motifs is 1. The minimum Gasteiger partial charge on any atom is -0.486 e. The number of para-hydroxylation sites is 3. The average molecular weight is 669 g/mol. The number of aliphatic hydroxyl groups excluding tert-OH is 1. The van der Waals surface area contributed by atoms with Crippen molar-refractivity contribution >= 4 is 40.6 Å². The number of anilines is 4. The van der Waals surface area contributed by atoms with Crippen LogP contribution in [-0.4, -0.2) is 71.6 Å². The van der Waals surface area contributed by atoms with Gasteiger partial charge in [-0.15, -0.1) is 0 Å². The third kappa shape index (κ3) is 8.72. The number of benzene rings is 4. The fourth-order valence-electron chi connectivity index (χ4n) is 5.63. The van der Waals surface area contributed by atoms with Crippen molar-refractivity contribution in [2.45, 2.75) is 32.5 Å². The van der Waals surface area contributed by atoms with Gasteiger partial charge in [-0.1, -0.05) is 37.3 Å². The third-order valence-electron chi connectivity index (χ3n) is 8.41. The van der Waals surface area contributed by atoms with E-state index >= 15 is 0 Å². The van der Waals surface area contributed by atoms with Crippen LogP contribution in [0.25, 0.3) is 0 Å². The smallest absolute Gasteiger partial charge is 0.323 e. The number of amides is 4. The molecule has 0 aliphatic carbocycles. The summed E-state index contributed by atoms with van der Waals surface area (Å²) in [6, 6.07) is 23.6. The second kappa shape index (κ2) is 15.6. The number of carbonyl (C=O) groups excluding carboxylic acids is 3. The summed E-state index contributed by atoms with van der Waals surface area (Å²) in [6.07, 6.45) is -0.422. The molecule has 0 saturated heterocycles. The van der Waals surface area contributed by atoms with Crippen LogP contribution in [0.5, 0.6) is 5.75 Å². The molecule has 4 amide bonds. The van der Waals surface area contributed by atoms with Gasteiger partial charge in [0.05, 0.1) is 35.3 Å². The molecule has 12 heteroatoms. The fourth-order valence-corrected chi connectivity index (χ4v) is 5.63.